The maximum atomic E-state index is 11.7. The monoisotopic (exact) mass is 225 g/mol. The Balaban J connectivity index is 3.02. The van der Waals surface area contributed by atoms with Crippen molar-refractivity contribution < 1.29 is 14.3 Å². The predicted molar refractivity (Wildman–Crippen MR) is 61.7 cm³/mol. The van der Waals surface area contributed by atoms with E-state index in [0.29, 0.717) is 29.6 Å². The first-order valence-electron chi connectivity index (χ1n) is 4.62. The molecule has 0 aliphatic carbocycles. The van der Waals surface area contributed by atoms with Crippen LogP contribution >= 0.6 is 9.24 Å². The zero-order valence-corrected chi connectivity index (χ0v) is 9.87. The lowest BCUT2D eigenvalue weighted by Crippen LogP contribution is -2.02. The van der Waals surface area contributed by atoms with Crippen LogP contribution in [0.3, 0.4) is 0 Å². The number of benzene rings is 1. The van der Waals surface area contributed by atoms with E-state index in [1.165, 1.54) is 0 Å². The summed E-state index contributed by atoms with van der Waals surface area (Å²) in [4.78, 5) is 11.7. The highest BCUT2D eigenvalue weighted by molar-refractivity contribution is 7.16. The van der Waals surface area contributed by atoms with E-state index in [-0.39, 0.29) is 5.78 Å². The Labute approximate surface area is 92.0 Å². The largest absolute Gasteiger partial charge is 0.558 e. The Kier molecular flexibility index (Phi) is 4.57. The molecule has 3 nitrogen and oxygen atoms in total. The fourth-order valence-corrected chi connectivity index (χ4v) is 1.50. The second kappa shape index (κ2) is 5.72. The SMILES string of the molecule is COc1ccc(C(=O)CC[PH-])c(OC)c1. The predicted octanol–water partition coefficient (Wildman–Crippen LogP) is 2.42. The summed E-state index contributed by atoms with van der Waals surface area (Å²) in [6.45, 7) is 0. The normalized spacial score (nSPS) is 9.80. The summed E-state index contributed by atoms with van der Waals surface area (Å²) in [6, 6.07) is 5.19. The van der Waals surface area contributed by atoms with Gasteiger partial charge >= 0.3 is 0 Å². The average molecular weight is 225 g/mol. The lowest BCUT2D eigenvalue weighted by Gasteiger charge is -2.09. The minimum absolute atomic E-state index is 0.0597. The quantitative estimate of drug-likeness (QED) is 0.570. The average Bonchev–Trinajstić information content (AvgIpc) is 2.28. The van der Waals surface area contributed by atoms with Crippen LogP contribution in [0.5, 0.6) is 11.5 Å². The van der Waals surface area contributed by atoms with Crippen LogP contribution in [0.15, 0.2) is 18.2 Å². The van der Waals surface area contributed by atoms with Crippen molar-refractivity contribution in [1.29, 1.82) is 0 Å². The zero-order chi connectivity index (χ0) is 11.3. The Morgan fingerprint density at radius 3 is 2.60 bits per heavy atom. The van der Waals surface area contributed by atoms with Crippen LogP contribution in [0.1, 0.15) is 16.8 Å². The van der Waals surface area contributed by atoms with E-state index in [0.717, 1.165) is 0 Å². The summed E-state index contributed by atoms with van der Waals surface area (Å²) in [5.41, 5.74) is 0.594. The summed E-state index contributed by atoms with van der Waals surface area (Å²) in [6.07, 6.45) is 1.10. The first-order valence-corrected chi connectivity index (χ1v) is 5.33. The molecule has 0 spiro atoms. The van der Waals surface area contributed by atoms with Gasteiger partial charge in [0.05, 0.1) is 19.8 Å². The molecule has 0 radical (unpaired) electrons. The molecule has 0 N–H and O–H groups in total. The molecule has 0 bridgehead atoms. The molecule has 1 rings (SSSR count). The van der Waals surface area contributed by atoms with Gasteiger partial charge in [0.25, 0.3) is 0 Å². The molecule has 82 valence electrons. The highest BCUT2D eigenvalue weighted by atomic mass is 31.0. The summed E-state index contributed by atoms with van der Waals surface area (Å²) < 4.78 is 10.2. The highest BCUT2D eigenvalue weighted by Gasteiger charge is 2.11. The van der Waals surface area contributed by atoms with Gasteiger partial charge in [-0.25, -0.2) is 0 Å². The van der Waals surface area contributed by atoms with Gasteiger partial charge in [-0.3, -0.25) is 4.79 Å². The smallest absolute Gasteiger partial charge is 0.164 e. The van der Waals surface area contributed by atoms with Crippen LogP contribution in [-0.2, 0) is 0 Å². The van der Waals surface area contributed by atoms with Gasteiger partial charge in [0.1, 0.15) is 11.5 Å². The molecule has 0 aliphatic heterocycles. The standard InChI is InChI=1S/C11H14O3P/c1-13-8-3-4-9(10(12)5-6-15)11(7-8)14-2/h3-4,7,15H,5-6H2,1-2H3/q-1. The summed E-state index contributed by atoms with van der Waals surface area (Å²) in [5.74, 6) is 1.30. The van der Waals surface area contributed by atoms with Crippen molar-refractivity contribution in [3.8, 4) is 11.5 Å². The van der Waals surface area contributed by atoms with Gasteiger partial charge in [-0.1, -0.05) is 0 Å². The Hall–Kier alpha value is -1.08. The second-order valence-electron chi connectivity index (χ2n) is 2.99. The van der Waals surface area contributed by atoms with Gasteiger partial charge in [-0.15, -0.1) is 0 Å². The first kappa shape index (κ1) is 12.0. The lowest BCUT2D eigenvalue weighted by molar-refractivity contribution is 0.0986. The molecule has 0 saturated carbocycles. The number of methoxy groups -OCH3 is 2. The molecule has 0 saturated heterocycles. The van der Waals surface area contributed by atoms with Gasteiger partial charge in [0, 0.05) is 6.07 Å². The van der Waals surface area contributed by atoms with E-state index in [4.69, 9.17) is 9.47 Å². The summed E-state index contributed by atoms with van der Waals surface area (Å²) in [5, 5.41) is 0. The Morgan fingerprint density at radius 2 is 2.07 bits per heavy atom. The topological polar surface area (TPSA) is 35.5 Å². The maximum Gasteiger partial charge on any atom is 0.164 e. The number of carbonyl (C=O) groups is 1. The number of Topliss-reactive ketones (excluding diaryl/α,β-unsaturated/α-hetero) is 1. The van der Waals surface area contributed by atoms with Gasteiger partial charge in [0.15, 0.2) is 5.78 Å². The van der Waals surface area contributed by atoms with Gasteiger partial charge in [-0.2, -0.15) is 6.16 Å². The van der Waals surface area contributed by atoms with E-state index in [2.05, 4.69) is 9.24 Å². The molecule has 4 heteroatoms. The number of carbonyl (C=O) groups excluding carboxylic acids is 1. The Morgan fingerprint density at radius 1 is 1.33 bits per heavy atom. The minimum atomic E-state index is 0.0597. The maximum absolute atomic E-state index is 11.7. The van der Waals surface area contributed by atoms with Gasteiger partial charge < -0.3 is 18.7 Å². The van der Waals surface area contributed by atoms with Gasteiger partial charge in [-0.05, 0) is 18.6 Å². The van der Waals surface area contributed by atoms with Crippen molar-refractivity contribution in [2.75, 3.05) is 20.4 Å². The Bertz CT molecular complexity index is 350. The number of hydrogen-bond acceptors (Lipinski definition) is 3. The van der Waals surface area contributed by atoms with E-state index < -0.39 is 0 Å². The molecular formula is C11H14O3P-. The number of ketones is 1. The van der Waals surface area contributed by atoms with Crippen molar-refractivity contribution in [2.24, 2.45) is 0 Å². The minimum Gasteiger partial charge on any atom is -0.558 e. The molecular weight excluding hydrogens is 211 g/mol. The molecule has 15 heavy (non-hydrogen) atoms. The van der Waals surface area contributed by atoms with Crippen molar-refractivity contribution in [3.63, 3.8) is 0 Å². The van der Waals surface area contributed by atoms with Crippen LogP contribution in [0.4, 0.5) is 0 Å². The fourth-order valence-electron chi connectivity index (χ4n) is 1.28. The molecule has 0 atom stereocenters. The van der Waals surface area contributed by atoms with E-state index in [1.54, 1.807) is 32.4 Å². The molecule has 0 aliphatic rings. The molecule has 0 amide bonds. The summed E-state index contributed by atoms with van der Waals surface area (Å²) in [7, 11) is 6.40. The van der Waals surface area contributed by atoms with Crippen LogP contribution in [-0.4, -0.2) is 26.2 Å². The summed E-state index contributed by atoms with van der Waals surface area (Å²) >= 11 is 0. The highest BCUT2D eigenvalue weighted by Crippen LogP contribution is 2.25. The van der Waals surface area contributed by atoms with Crippen LogP contribution in [0, 0.1) is 0 Å². The van der Waals surface area contributed by atoms with Crippen LogP contribution < -0.4 is 9.47 Å². The number of hydrogen-bond donors (Lipinski definition) is 0. The first-order chi connectivity index (χ1) is 7.22. The molecule has 0 fully saturated rings. The van der Waals surface area contributed by atoms with E-state index in [1.807, 2.05) is 0 Å². The van der Waals surface area contributed by atoms with Crippen molar-refractivity contribution in [3.05, 3.63) is 23.8 Å². The lowest BCUT2D eigenvalue weighted by atomic mass is 10.1. The second-order valence-corrected chi connectivity index (χ2v) is 3.49. The number of rotatable bonds is 5. The third-order valence-electron chi connectivity index (χ3n) is 2.06. The van der Waals surface area contributed by atoms with Crippen molar-refractivity contribution in [2.45, 2.75) is 6.42 Å². The van der Waals surface area contributed by atoms with E-state index in [9.17, 15) is 4.79 Å². The molecule has 1 aromatic carbocycles. The third kappa shape index (κ3) is 2.93. The number of ether oxygens (including phenoxy) is 2. The molecule has 0 aromatic heterocycles. The van der Waals surface area contributed by atoms with Crippen molar-refractivity contribution >= 4 is 15.0 Å². The van der Waals surface area contributed by atoms with Crippen LogP contribution in [0.25, 0.3) is 0 Å². The van der Waals surface area contributed by atoms with Crippen molar-refractivity contribution in [1.82, 2.24) is 0 Å². The third-order valence-corrected chi connectivity index (χ3v) is 2.31. The molecule has 0 unspecified atom stereocenters. The van der Waals surface area contributed by atoms with E-state index >= 15 is 0 Å². The zero-order valence-electron chi connectivity index (χ0n) is 8.87. The molecule has 1 aromatic rings. The fraction of sp³-hybridized carbons (Fsp3) is 0.364. The van der Waals surface area contributed by atoms with Gasteiger partial charge in [0.2, 0.25) is 0 Å². The molecule has 0 heterocycles. The van der Waals surface area contributed by atoms with Crippen LogP contribution in [0.2, 0.25) is 0 Å².